The highest BCUT2D eigenvalue weighted by atomic mass is 32.2. The molecule has 43 heavy (non-hydrogen) atoms. The van der Waals surface area contributed by atoms with Gasteiger partial charge in [-0.05, 0) is 43.0 Å². The lowest BCUT2D eigenvalue weighted by Crippen LogP contribution is -2.55. The summed E-state index contributed by atoms with van der Waals surface area (Å²) >= 11 is 0.982. The minimum absolute atomic E-state index is 0.437. The smallest absolute Gasteiger partial charge is 0.408 e. The summed E-state index contributed by atoms with van der Waals surface area (Å²) in [5.41, 5.74) is 1.90. The number of hydrogen-bond donors (Lipinski definition) is 1. The first-order valence-electron chi connectivity index (χ1n) is 13.9. The fraction of sp³-hybridized carbons (Fsp3) is 0.257. The zero-order chi connectivity index (χ0) is 30.9. The molecule has 8 heteroatoms. The zero-order valence-electron chi connectivity index (χ0n) is 24.3. The molecule has 1 unspecified atom stereocenters. The van der Waals surface area contributed by atoms with Crippen LogP contribution in [0.5, 0.6) is 0 Å². The van der Waals surface area contributed by atoms with Gasteiger partial charge in [-0.15, -0.1) is 11.8 Å². The van der Waals surface area contributed by atoms with E-state index in [0.29, 0.717) is 11.1 Å². The van der Waals surface area contributed by atoms with Crippen LogP contribution in [-0.2, 0) is 14.3 Å². The Morgan fingerprint density at radius 1 is 0.698 bits per heavy atom. The van der Waals surface area contributed by atoms with Gasteiger partial charge in [0.25, 0.3) is 5.92 Å². The van der Waals surface area contributed by atoms with Gasteiger partial charge in [-0.3, -0.25) is 0 Å². The number of carbonyl (C=O) groups excluding carboxylic acids is 2. The summed E-state index contributed by atoms with van der Waals surface area (Å²) in [7, 11) is 0. The van der Waals surface area contributed by atoms with Gasteiger partial charge in [0.2, 0.25) is 0 Å². The van der Waals surface area contributed by atoms with Crippen molar-refractivity contribution in [2.24, 2.45) is 0 Å². The van der Waals surface area contributed by atoms with Crippen molar-refractivity contribution in [2.45, 2.75) is 49.7 Å². The third-order valence-corrected chi connectivity index (χ3v) is 7.83. The topological polar surface area (TPSA) is 64.6 Å². The van der Waals surface area contributed by atoms with E-state index in [1.165, 1.54) is 0 Å². The molecule has 0 spiro atoms. The van der Waals surface area contributed by atoms with Crippen molar-refractivity contribution in [3.63, 3.8) is 0 Å². The van der Waals surface area contributed by atoms with E-state index in [1.54, 1.807) is 69.3 Å². The number of alkyl halides is 2. The molecular weight excluding hydrogens is 568 g/mol. The fourth-order valence-electron chi connectivity index (χ4n) is 4.45. The number of alkyl carbamates (subject to hydrolysis) is 1. The Labute approximate surface area is 255 Å². The average Bonchev–Trinajstić information content (AvgIpc) is 2.99. The van der Waals surface area contributed by atoms with Crippen LogP contribution >= 0.6 is 11.8 Å². The van der Waals surface area contributed by atoms with Crippen LogP contribution in [0.1, 0.15) is 54.4 Å². The highest BCUT2D eigenvalue weighted by Crippen LogP contribution is 2.40. The molecule has 0 saturated carbocycles. The second kappa shape index (κ2) is 14.3. The SMILES string of the molecule is CC(C)(C)OC(=O)NC(C(=O)OC(c1ccccc1)c1ccccc1)C(F)(F)CSC(c1ccccc1)c1ccccc1. The molecule has 0 aromatic heterocycles. The van der Waals surface area contributed by atoms with Gasteiger partial charge in [0.15, 0.2) is 12.1 Å². The molecule has 1 amide bonds. The van der Waals surface area contributed by atoms with Crippen LogP contribution in [0.15, 0.2) is 121 Å². The number of esters is 1. The van der Waals surface area contributed by atoms with Crippen molar-refractivity contribution in [1.29, 1.82) is 0 Å². The summed E-state index contributed by atoms with van der Waals surface area (Å²) in [6, 6.07) is 34.0. The van der Waals surface area contributed by atoms with Crippen molar-refractivity contribution in [1.82, 2.24) is 5.32 Å². The Bertz CT molecular complexity index is 1370. The van der Waals surface area contributed by atoms with Crippen LogP contribution in [0, 0.1) is 0 Å². The lowest BCUT2D eigenvalue weighted by molar-refractivity contribution is -0.159. The van der Waals surface area contributed by atoms with E-state index in [4.69, 9.17) is 9.47 Å². The molecular formula is C35H35F2NO4S. The first-order valence-corrected chi connectivity index (χ1v) is 15.0. The largest absolute Gasteiger partial charge is 0.451 e. The predicted octanol–water partition coefficient (Wildman–Crippen LogP) is 8.37. The molecule has 4 aromatic rings. The van der Waals surface area contributed by atoms with Gasteiger partial charge in [-0.1, -0.05) is 121 Å². The van der Waals surface area contributed by atoms with Crippen molar-refractivity contribution in [3.8, 4) is 0 Å². The van der Waals surface area contributed by atoms with Gasteiger partial charge in [-0.2, -0.15) is 0 Å². The molecule has 0 bridgehead atoms. The van der Waals surface area contributed by atoms with Gasteiger partial charge in [0.05, 0.1) is 11.0 Å². The van der Waals surface area contributed by atoms with Crippen LogP contribution < -0.4 is 5.32 Å². The molecule has 0 fully saturated rings. The maximum atomic E-state index is 16.2. The maximum Gasteiger partial charge on any atom is 0.408 e. The zero-order valence-corrected chi connectivity index (χ0v) is 25.1. The minimum Gasteiger partial charge on any atom is -0.451 e. The van der Waals surface area contributed by atoms with Gasteiger partial charge in [0, 0.05) is 0 Å². The molecule has 0 saturated heterocycles. The number of amides is 1. The summed E-state index contributed by atoms with van der Waals surface area (Å²) in [6.45, 7) is 4.83. The van der Waals surface area contributed by atoms with E-state index in [1.807, 2.05) is 72.8 Å². The van der Waals surface area contributed by atoms with E-state index in [-0.39, 0.29) is 0 Å². The van der Waals surface area contributed by atoms with Gasteiger partial charge < -0.3 is 14.8 Å². The molecule has 5 nitrogen and oxygen atoms in total. The summed E-state index contributed by atoms with van der Waals surface area (Å²) in [5, 5.41) is 1.69. The Kier molecular flexibility index (Phi) is 10.6. The second-order valence-corrected chi connectivity index (χ2v) is 12.1. The number of hydrogen-bond acceptors (Lipinski definition) is 5. The van der Waals surface area contributed by atoms with Crippen molar-refractivity contribution < 1.29 is 27.8 Å². The number of carbonyl (C=O) groups is 2. The van der Waals surface area contributed by atoms with E-state index in [0.717, 1.165) is 22.9 Å². The quantitative estimate of drug-likeness (QED) is 0.175. The van der Waals surface area contributed by atoms with Crippen molar-refractivity contribution in [2.75, 3.05) is 5.75 Å². The highest BCUT2D eigenvalue weighted by Gasteiger charge is 2.48. The molecule has 224 valence electrons. The minimum atomic E-state index is -3.71. The third kappa shape index (κ3) is 9.16. The molecule has 1 N–H and O–H groups in total. The Hall–Kier alpha value is -4.17. The number of ether oxygens (including phenoxy) is 2. The van der Waals surface area contributed by atoms with Crippen molar-refractivity contribution in [3.05, 3.63) is 144 Å². The number of nitrogens with one attached hydrogen (secondary N) is 1. The maximum absolute atomic E-state index is 16.2. The van der Waals surface area contributed by atoms with E-state index in [9.17, 15) is 9.59 Å². The number of rotatable bonds is 11. The van der Waals surface area contributed by atoms with Crippen molar-refractivity contribution >= 4 is 23.8 Å². The second-order valence-electron chi connectivity index (χ2n) is 11.0. The van der Waals surface area contributed by atoms with E-state index >= 15 is 8.78 Å². The van der Waals surface area contributed by atoms with Crippen LogP contribution in [-0.4, -0.2) is 35.4 Å². The Balaban J connectivity index is 1.63. The lowest BCUT2D eigenvalue weighted by Gasteiger charge is -2.30. The van der Waals surface area contributed by atoms with Crippen LogP contribution in [0.4, 0.5) is 13.6 Å². The Morgan fingerprint density at radius 3 is 1.49 bits per heavy atom. The summed E-state index contributed by atoms with van der Waals surface area (Å²) in [4.78, 5) is 26.4. The van der Waals surface area contributed by atoms with Crippen LogP contribution in [0.3, 0.4) is 0 Å². The molecule has 0 aliphatic rings. The summed E-state index contributed by atoms with van der Waals surface area (Å²) in [6.07, 6.45) is -2.11. The average molecular weight is 604 g/mol. The fourth-order valence-corrected chi connectivity index (χ4v) is 5.70. The monoisotopic (exact) mass is 603 g/mol. The first-order chi connectivity index (χ1) is 20.5. The van der Waals surface area contributed by atoms with E-state index < -0.39 is 46.7 Å². The predicted molar refractivity (Wildman–Crippen MR) is 166 cm³/mol. The first kappa shape index (κ1) is 31.8. The summed E-state index contributed by atoms with van der Waals surface area (Å²) < 4.78 is 43.4. The third-order valence-electron chi connectivity index (χ3n) is 6.40. The number of thioether (sulfide) groups is 1. The lowest BCUT2D eigenvalue weighted by atomic mass is 10.0. The van der Waals surface area contributed by atoms with Gasteiger partial charge in [-0.25, -0.2) is 18.4 Å². The molecule has 4 rings (SSSR count). The number of halogens is 2. The Morgan fingerprint density at radius 2 is 1.09 bits per heavy atom. The molecule has 4 aromatic carbocycles. The molecule has 0 aliphatic heterocycles. The van der Waals surface area contributed by atoms with Crippen LogP contribution in [0.25, 0.3) is 0 Å². The van der Waals surface area contributed by atoms with E-state index in [2.05, 4.69) is 5.32 Å². The molecule has 1 atom stereocenters. The molecule has 0 radical (unpaired) electrons. The number of benzene rings is 4. The standard InChI is InChI=1S/C35H35F2NO4S/c1-34(2,3)42-33(40)38-31(32(39)41-29(25-16-8-4-9-17-25)26-18-10-5-11-19-26)35(36,37)24-43-30(27-20-12-6-13-21-27)28-22-14-7-15-23-28/h4-23,29-31H,24H2,1-3H3,(H,38,40). The molecule has 0 heterocycles. The van der Waals surface area contributed by atoms with Gasteiger partial charge >= 0.3 is 12.1 Å². The van der Waals surface area contributed by atoms with Crippen LogP contribution in [0.2, 0.25) is 0 Å². The summed E-state index contributed by atoms with van der Waals surface area (Å²) in [5.74, 6) is -5.76. The highest BCUT2D eigenvalue weighted by molar-refractivity contribution is 7.99. The van der Waals surface area contributed by atoms with Gasteiger partial charge in [0.1, 0.15) is 5.60 Å². The normalized spacial score (nSPS) is 12.5. The molecule has 0 aliphatic carbocycles.